The van der Waals surface area contributed by atoms with Crippen LogP contribution in [-0.4, -0.2) is 15.0 Å². The van der Waals surface area contributed by atoms with E-state index in [0.717, 1.165) is 66.8 Å². The van der Waals surface area contributed by atoms with Gasteiger partial charge in [0.15, 0.2) is 5.82 Å². The van der Waals surface area contributed by atoms with E-state index in [1.54, 1.807) is 0 Å². The number of fused-ring (bicyclic) bond motifs is 7. The predicted molar refractivity (Wildman–Crippen MR) is 215 cm³/mol. The van der Waals surface area contributed by atoms with Gasteiger partial charge in [-0.1, -0.05) is 146 Å². The van der Waals surface area contributed by atoms with E-state index in [2.05, 4.69) is 164 Å². The summed E-state index contributed by atoms with van der Waals surface area (Å²) in [6.07, 6.45) is 0. The van der Waals surface area contributed by atoms with Crippen LogP contribution >= 0.6 is 11.3 Å². The van der Waals surface area contributed by atoms with E-state index in [4.69, 9.17) is 15.0 Å². The Morgan fingerprint density at radius 1 is 0.333 bits per heavy atom. The van der Waals surface area contributed by atoms with Crippen molar-refractivity contribution in [2.45, 2.75) is 0 Å². The van der Waals surface area contributed by atoms with Crippen LogP contribution in [0.2, 0.25) is 0 Å². The van der Waals surface area contributed by atoms with Crippen LogP contribution in [0.15, 0.2) is 176 Å². The Bertz CT molecular complexity index is 2900. The van der Waals surface area contributed by atoms with Gasteiger partial charge in [0, 0.05) is 58.6 Å². The van der Waals surface area contributed by atoms with Gasteiger partial charge < -0.3 is 0 Å². The summed E-state index contributed by atoms with van der Waals surface area (Å²) in [5.41, 5.74) is 10.1. The highest BCUT2D eigenvalue weighted by atomic mass is 32.1. The van der Waals surface area contributed by atoms with Crippen molar-refractivity contribution in [3.05, 3.63) is 176 Å². The summed E-state index contributed by atoms with van der Waals surface area (Å²) in [5, 5.41) is 6.11. The number of rotatable bonds is 5. The number of pyridine rings is 1. The fourth-order valence-corrected chi connectivity index (χ4v) is 8.35. The first kappa shape index (κ1) is 29.4. The van der Waals surface area contributed by atoms with E-state index in [-0.39, 0.29) is 0 Å². The SMILES string of the molecule is c1ccc(-c2cccc(-c3nc(-c4ccccc4)cc(-c4ccc5c(c4)nc(-c4ccccc4)c4ccc6sc7ccccc7c6c45)n3)c2)cc1. The fourth-order valence-electron chi connectivity index (χ4n) is 7.23. The van der Waals surface area contributed by atoms with Crippen LogP contribution in [-0.2, 0) is 0 Å². The summed E-state index contributed by atoms with van der Waals surface area (Å²) >= 11 is 1.85. The molecule has 3 nitrogen and oxygen atoms in total. The molecule has 0 N–H and O–H groups in total. The maximum absolute atomic E-state index is 5.40. The molecule has 0 fully saturated rings. The van der Waals surface area contributed by atoms with Crippen LogP contribution in [0.3, 0.4) is 0 Å². The summed E-state index contributed by atoms with van der Waals surface area (Å²) in [6.45, 7) is 0. The van der Waals surface area contributed by atoms with Gasteiger partial charge in [-0.2, -0.15) is 0 Å². The molecule has 10 aromatic rings. The fraction of sp³-hybridized carbons (Fsp3) is 0. The Morgan fingerprint density at radius 3 is 1.75 bits per heavy atom. The maximum atomic E-state index is 5.40. The largest absolute Gasteiger partial charge is 0.247 e. The molecule has 0 spiro atoms. The van der Waals surface area contributed by atoms with Crippen LogP contribution in [0.1, 0.15) is 0 Å². The van der Waals surface area contributed by atoms with Crippen LogP contribution in [0.4, 0.5) is 0 Å². The van der Waals surface area contributed by atoms with Crippen molar-refractivity contribution in [3.63, 3.8) is 0 Å². The Morgan fingerprint density at radius 2 is 0.961 bits per heavy atom. The summed E-state index contributed by atoms with van der Waals surface area (Å²) in [7, 11) is 0. The van der Waals surface area contributed by atoms with Gasteiger partial charge in [-0.05, 0) is 41.5 Å². The van der Waals surface area contributed by atoms with E-state index in [0.29, 0.717) is 5.82 Å². The summed E-state index contributed by atoms with van der Waals surface area (Å²) in [6, 6.07) is 61.8. The second-order valence-electron chi connectivity index (χ2n) is 12.8. The molecule has 3 heterocycles. The van der Waals surface area contributed by atoms with E-state index in [1.807, 2.05) is 23.5 Å². The van der Waals surface area contributed by atoms with Gasteiger partial charge in [-0.15, -0.1) is 11.3 Å². The molecule has 0 amide bonds. The zero-order chi connectivity index (χ0) is 33.7. The molecule has 0 atom stereocenters. The van der Waals surface area contributed by atoms with Gasteiger partial charge in [0.2, 0.25) is 0 Å². The Balaban J connectivity index is 1.22. The second kappa shape index (κ2) is 12.1. The average molecular weight is 668 g/mol. The molecular weight excluding hydrogens is 639 g/mol. The monoisotopic (exact) mass is 667 g/mol. The summed E-state index contributed by atoms with van der Waals surface area (Å²) in [5.74, 6) is 0.687. The standard InChI is InChI=1S/C47H29N3S/c1-4-13-30(14-5-1)33-19-12-20-35(27-33)47-49-39(31-15-6-2-7-16-31)29-40(50-47)34-23-24-36-41(28-34)48-46(32-17-8-3-9-18-32)38-25-26-43-45(44(36)38)37-21-10-11-22-42(37)51-43/h1-29H. The molecule has 51 heavy (non-hydrogen) atoms. The van der Waals surface area contributed by atoms with Crippen molar-refractivity contribution in [1.82, 2.24) is 15.0 Å². The van der Waals surface area contributed by atoms with Crippen LogP contribution in [0.25, 0.3) is 98.1 Å². The molecule has 0 radical (unpaired) electrons. The number of hydrogen-bond acceptors (Lipinski definition) is 4. The molecule has 0 saturated heterocycles. The predicted octanol–water partition coefficient (Wildman–Crippen LogP) is 12.9. The highest BCUT2D eigenvalue weighted by molar-refractivity contribution is 7.26. The van der Waals surface area contributed by atoms with Gasteiger partial charge >= 0.3 is 0 Å². The van der Waals surface area contributed by atoms with Gasteiger partial charge in [0.05, 0.1) is 22.6 Å². The highest BCUT2D eigenvalue weighted by Gasteiger charge is 2.18. The minimum absolute atomic E-state index is 0.687. The Labute approximate surface area is 299 Å². The quantitative estimate of drug-likeness (QED) is 0.171. The molecule has 0 bridgehead atoms. The molecule has 3 aromatic heterocycles. The highest BCUT2D eigenvalue weighted by Crippen LogP contribution is 2.44. The second-order valence-corrected chi connectivity index (χ2v) is 13.9. The maximum Gasteiger partial charge on any atom is 0.160 e. The Hall–Kier alpha value is -6.49. The molecular formula is C47H29N3S. The third-order valence-corrected chi connectivity index (χ3v) is 10.8. The molecule has 4 heteroatoms. The summed E-state index contributed by atoms with van der Waals surface area (Å²) < 4.78 is 2.58. The van der Waals surface area contributed by atoms with Crippen LogP contribution < -0.4 is 0 Å². The van der Waals surface area contributed by atoms with Crippen molar-refractivity contribution in [2.24, 2.45) is 0 Å². The van der Waals surface area contributed by atoms with Crippen LogP contribution in [0, 0.1) is 0 Å². The number of thiophene rings is 1. The first-order chi connectivity index (χ1) is 25.3. The van der Waals surface area contributed by atoms with Crippen LogP contribution in [0.5, 0.6) is 0 Å². The Kier molecular flexibility index (Phi) is 7.00. The molecule has 0 aliphatic rings. The van der Waals surface area contributed by atoms with Gasteiger partial charge in [-0.25, -0.2) is 15.0 Å². The van der Waals surface area contributed by atoms with Crippen molar-refractivity contribution >= 4 is 53.2 Å². The van der Waals surface area contributed by atoms with Crippen molar-refractivity contribution in [1.29, 1.82) is 0 Å². The first-order valence-electron chi connectivity index (χ1n) is 17.1. The third-order valence-electron chi connectivity index (χ3n) is 9.66. The third kappa shape index (κ3) is 5.16. The number of benzene rings is 7. The lowest BCUT2D eigenvalue weighted by Gasteiger charge is -2.14. The van der Waals surface area contributed by atoms with E-state index in [9.17, 15) is 0 Å². The normalized spacial score (nSPS) is 11.5. The first-order valence-corrected chi connectivity index (χ1v) is 17.9. The smallest absolute Gasteiger partial charge is 0.160 e. The lowest BCUT2D eigenvalue weighted by atomic mass is 9.95. The van der Waals surface area contributed by atoms with Crippen molar-refractivity contribution in [2.75, 3.05) is 0 Å². The zero-order valence-electron chi connectivity index (χ0n) is 27.5. The van der Waals surface area contributed by atoms with E-state index < -0.39 is 0 Å². The number of hydrogen-bond donors (Lipinski definition) is 0. The molecule has 0 unspecified atom stereocenters. The minimum Gasteiger partial charge on any atom is -0.247 e. The van der Waals surface area contributed by atoms with Crippen molar-refractivity contribution < 1.29 is 0 Å². The number of nitrogens with zero attached hydrogens (tertiary/aromatic N) is 3. The van der Waals surface area contributed by atoms with Gasteiger partial charge in [0.25, 0.3) is 0 Å². The average Bonchev–Trinajstić information content (AvgIpc) is 3.60. The molecule has 0 saturated carbocycles. The molecule has 238 valence electrons. The van der Waals surface area contributed by atoms with E-state index >= 15 is 0 Å². The number of aromatic nitrogens is 3. The zero-order valence-corrected chi connectivity index (χ0v) is 28.3. The minimum atomic E-state index is 0.687. The van der Waals surface area contributed by atoms with Gasteiger partial charge in [0.1, 0.15) is 0 Å². The van der Waals surface area contributed by atoms with Gasteiger partial charge in [-0.3, -0.25) is 0 Å². The molecule has 10 rings (SSSR count). The summed E-state index contributed by atoms with van der Waals surface area (Å²) in [4.78, 5) is 15.7. The molecule has 0 aliphatic carbocycles. The molecule has 7 aromatic carbocycles. The lowest BCUT2D eigenvalue weighted by molar-refractivity contribution is 1.18. The topological polar surface area (TPSA) is 38.7 Å². The lowest BCUT2D eigenvalue weighted by Crippen LogP contribution is -1.97. The van der Waals surface area contributed by atoms with Crippen molar-refractivity contribution in [3.8, 4) is 56.3 Å². The molecule has 0 aliphatic heterocycles. The van der Waals surface area contributed by atoms with E-state index in [1.165, 1.54) is 25.6 Å².